The highest BCUT2D eigenvalue weighted by Gasteiger charge is 2.16. The van der Waals surface area contributed by atoms with Crippen molar-refractivity contribution >= 4 is 0 Å². The summed E-state index contributed by atoms with van der Waals surface area (Å²) in [6.07, 6.45) is 6.56. The van der Waals surface area contributed by atoms with Crippen LogP contribution < -0.4 is 9.47 Å². The van der Waals surface area contributed by atoms with E-state index in [1.807, 2.05) is 0 Å². The number of benzene rings is 1. The zero-order chi connectivity index (χ0) is 16.3. The maximum atomic E-state index is 5.65. The van der Waals surface area contributed by atoms with E-state index in [0.29, 0.717) is 20.0 Å². The zero-order valence-corrected chi connectivity index (χ0v) is 14.6. The first-order chi connectivity index (χ1) is 11.3. The van der Waals surface area contributed by atoms with Gasteiger partial charge in [-0.1, -0.05) is 26.7 Å². The summed E-state index contributed by atoms with van der Waals surface area (Å²) in [4.78, 5) is 0. The van der Waals surface area contributed by atoms with Crippen molar-refractivity contribution in [2.45, 2.75) is 52.4 Å². The van der Waals surface area contributed by atoms with E-state index in [2.05, 4.69) is 26.0 Å². The summed E-state index contributed by atoms with van der Waals surface area (Å²) >= 11 is 0. The van der Waals surface area contributed by atoms with Gasteiger partial charge in [0.2, 0.25) is 6.79 Å². The molecule has 1 aliphatic rings. The van der Waals surface area contributed by atoms with Crippen molar-refractivity contribution in [3.63, 3.8) is 0 Å². The molecule has 4 nitrogen and oxygen atoms in total. The van der Waals surface area contributed by atoms with Gasteiger partial charge in [0.15, 0.2) is 11.5 Å². The Bertz CT molecular complexity index is 459. The Morgan fingerprint density at radius 1 is 0.783 bits per heavy atom. The average molecular weight is 322 g/mol. The number of aryl methyl sites for hydroxylation is 2. The molecular weight excluding hydrogens is 292 g/mol. The number of hydrogen-bond acceptors (Lipinski definition) is 4. The van der Waals surface area contributed by atoms with Crippen LogP contribution in [0.3, 0.4) is 0 Å². The van der Waals surface area contributed by atoms with E-state index in [0.717, 1.165) is 56.8 Å². The van der Waals surface area contributed by atoms with Crippen LogP contribution in [0, 0.1) is 0 Å². The van der Waals surface area contributed by atoms with Crippen molar-refractivity contribution in [3.8, 4) is 11.5 Å². The van der Waals surface area contributed by atoms with E-state index in [9.17, 15) is 0 Å². The van der Waals surface area contributed by atoms with Gasteiger partial charge in [0, 0.05) is 13.2 Å². The lowest BCUT2D eigenvalue weighted by Gasteiger charge is -2.11. The van der Waals surface area contributed by atoms with Crippen LogP contribution in [-0.2, 0) is 22.3 Å². The lowest BCUT2D eigenvalue weighted by Crippen LogP contribution is -2.07. The van der Waals surface area contributed by atoms with Crippen molar-refractivity contribution in [2.24, 2.45) is 0 Å². The summed E-state index contributed by atoms with van der Waals surface area (Å²) in [7, 11) is 0. The van der Waals surface area contributed by atoms with Gasteiger partial charge in [-0.3, -0.25) is 0 Å². The summed E-state index contributed by atoms with van der Waals surface area (Å²) in [5, 5.41) is 0. The Morgan fingerprint density at radius 2 is 1.39 bits per heavy atom. The summed E-state index contributed by atoms with van der Waals surface area (Å²) in [6, 6.07) is 4.28. The molecule has 1 heterocycles. The van der Waals surface area contributed by atoms with Gasteiger partial charge in [0.05, 0.1) is 13.2 Å². The first kappa shape index (κ1) is 18.1. The summed E-state index contributed by atoms with van der Waals surface area (Å²) in [5.74, 6) is 1.77. The molecule has 0 unspecified atom stereocenters. The molecule has 0 atom stereocenters. The second-order valence-electron chi connectivity index (χ2n) is 5.91. The van der Waals surface area contributed by atoms with Gasteiger partial charge in [-0.05, 0) is 48.9 Å². The predicted octanol–water partition coefficient (Wildman–Crippen LogP) is 4.13. The Morgan fingerprint density at radius 3 is 2.00 bits per heavy atom. The lowest BCUT2D eigenvalue weighted by molar-refractivity contribution is 0.0459. The number of ether oxygens (including phenoxy) is 4. The molecule has 1 aromatic carbocycles. The van der Waals surface area contributed by atoms with Gasteiger partial charge < -0.3 is 18.9 Å². The van der Waals surface area contributed by atoms with Crippen molar-refractivity contribution in [3.05, 3.63) is 23.3 Å². The van der Waals surface area contributed by atoms with Crippen molar-refractivity contribution < 1.29 is 18.9 Å². The van der Waals surface area contributed by atoms with Crippen LogP contribution in [0.2, 0.25) is 0 Å². The van der Waals surface area contributed by atoms with Crippen LogP contribution in [0.25, 0.3) is 0 Å². The molecule has 0 aromatic heterocycles. The number of rotatable bonds is 12. The SMILES string of the molecule is CCCCOCCOCCCc1cc2c(cc1CCC)OCO2. The third-order valence-corrected chi connectivity index (χ3v) is 3.96. The molecule has 23 heavy (non-hydrogen) atoms. The molecule has 0 fully saturated rings. The molecule has 4 heteroatoms. The Hall–Kier alpha value is -1.26. The molecule has 0 saturated heterocycles. The van der Waals surface area contributed by atoms with Crippen LogP contribution in [0.15, 0.2) is 12.1 Å². The fourth-order valence-electron chi connectivity index (χ4n) is 2.69. The fourth-order valence-corrected chi connectivity index (χ4v) is 2.69. The van der Waals surface area contributed by atoms with Gasteiger partial charge in [0.25, 0.3) is 0 Å². The van der Waals surface area contributed by atoms with Crippen LogP contribution in [0.4, 0.5) is 0 Å². The number of unbranched alkanes of at least 4 members (excludes halogenated alkanes) is 1. The second-order valence-corrected chi connectivity index (χ2v) is 5.91. The van der Waals surface area contributed by atoms with E-state index in [4.69, 9.17) is 18.9 Å². The van der Waals surface area contributed by atoms with Crippen molar-refractivity contribution in [1.82, 2.24) is 0 Å². The van der Waals surface area contributed by atoms with E-state index in [-0.39, 0.29) is 0 Å². The van der Waals surface area contributed by atoms with E-state index in [1.54, 1.807) is 0 Å². The molecule has 1 aliphatic heterocycles. The molecule has 1 aromatic rings. The average Bonchev–Trinajstić information content (AvgIpc) is 3.01. The molecule has 0 saturated carbocycles. The van der Waals surface area contributed by atoms with E-state index in [1.165, 1.54) is 17.5 Å². The fraction of sp³-hybridized carbons (Fsp3) is 0.684. The molecule has 0 bridgehead atoms. The molecule has 130 valence electrons. The molecule has 0 spiro atoms. The van der Waals surface area contributed by atoms with Crippen LogP contribution >= 0.6 is 0 Å². The van der Waals surface area contributed by atoms with Crippen LogP contribution in [-0.4, -0.2) is 33.2 Å². The van der Waals surface area contributed by atoms with Gasteiger partial charge in [-0.25, -0.2) is 0 Å². The molecular formula is C19H30O4. The smallest absolute Gasteiger partial charge is 0.231 e. The molecule has 0 amide bonds. The lowest BCUT2D eigenvalue weighted by atomic mass is 9.98. The third kappa shape index (κ3) is 6.04. The predicted molar refractivity (Wildman–Crippen MR) is 91.4 cm³/mol. The highest BCUT2D eigenvalue weighted by atomic mass is 16.7. The summed E-state index contributed by atoms with van der Waals surface area (Å²) in [6.45, 7) is 7.72. The van der Waals surface area contributed by atoms with Gasteiger partial charge in [0.1, 0.15) is 0 Å². The Kier molecular flexibility index (Phi) is 8.26. The number of fused-ring (bicyclic) bond motifs is 1. The third-order valence-electron chi connectivity index (χ3n) is 3.96. The molecule has 0 aliphatic carbocycles. The van der Waals surface area contributed by atoms with Crippen molar-refractivity contribution in [1.29, 1.82) is 0 Å². The van der Waals surface area contributed by atoms with Gasteiger partial charge >= 0.3 is 0 Å². The van der Waals surface area contributed by atoms with Crippen molar-refractivity contribution in [2.75, 3.05) is 33.2 Å². The normalized spacial score (nSPS) is 12.8. The highest BCUT2D eigenvalue weighted by molar-refractivity contribution is 5.48. The topological polar surface area (TPSA) is 36.9 Å². The first-order valence-corrected chi connectivity index (χ1v) is 8.92. The Balaban J connectivity index is 1.68. The minimum Gasteiger partial charge on any atom is -0.454 e. The largest absolute Gasteiger partial charge is 0.454 e. The maximum Gasteiger partial charge on any atom is 0.231 e. The quantitative estimate of drug-likeness (QED) is 0.542. The maximum absolute atomic E-state index is 5.65. The highest BCUT2D eigenvalue weighted by Crippen LogP contribution is 2.35. The molecule has 0 N–H and O–H groups in total. The monoisotopic (exact) mass is 322 g/mol. The van der Waals surface area contributed by atoms with E-state index >= 15 is 0 Å². The van der Waals surface area contributed by atoms with Crippen LogP contribution in [0.1, 0.15) is 50.7 Å². The molecule has 0 radical (unpaired) electrons. The minimum absolute atomic E-state index is 0.339. The second kappa shape index (κ2) is 10.5. The van der Waals surface area contributed by atoms with Crippen LogP contribution in [0.5, 0.6) is 11.5 Å². The van der Waals surface area contributed by atoms with Gasteiger partial charge in [-0.15, -0.1) is 0 Å². The van der Waals surface area contributed by atoms with Gasteiger partial charge in [-0.2, -0.15) is 0 Å². The Labute approximate surface area is 140 Å². The minimum atomic E-state index is 0.339. The standard InChI is InChI=1S/C19H30O4/c1-3-5-9-20-11-12-21-10-6-8-17-14-19-18(22-15-23-19)13-16(17)7-4-2/h13-14H,3-12,15H2,1-2H3. The summed E-state index contributed by atoms with van der Waals surface area (Å²) in [5.41, 5.74) is 2.73. The summed E-state index contributed by atoms with van der Waals surface area (Å²) < 4.78 is 22.1. The zero-order valence-electron chi connectivity index (χ0n) is 14.6. The first-order valence-electron chi connectivity index (χ1n) is 8.92. The number of hydrogen-bond donors (Lipinski definition) is 0. The molecule has 2 rings (SSSR count). The van der Waals surface area contributed by atoms with E-state index < -0.39 is 0 Å².